The number of anilines is 3. The number of nitrogens with zero attached hydrogens (tertiary/aromatic N) is 1. The summed E-state index contributed by atoms with van der Waals surface area (Å²) in [5.74, 6) is -2.32. The quantitative estimate of drug-likeness (QED) is 0.524. The van der Waals surface area contributed by atoms with Crippen molar-refractivity contribution in [2.24, 2.45) is 0 Å². The number of hydrogen-bond donors (Lipinski definition) is 2. The van der Waals surface area contributed by atoms with Gasteiger partial charge in [-0.3, -0.25) is 9.52 Å². The molecule has 168 valence electrons. The second-order valence-electron chi connectivity index (χ2n) is 7.52. The van der Waals surface area contributed by atoms with Crippen molar-refractivity contribution in [2.45, 2.75) is 24.7 Å². The Balaban J connectivity index is 1.55. The van der Waals surface area contributed by atoms with Crippen LogP contribution in [-0.2, 0) is 10.0 Å². The van der Waals surface area contributed by atoms with Gasteiger partial charge in [0.05, 0.1) is 0 Å². The van der Waals surface area contributed by atoms with Crippen molar-refractivity contribution in [3.8, 4) is 0 Å². The average Bonchev–Trinajstić information content (AvgIpc) is 3.41. The predicted octanol–water partition coefficient (Wildman–Crippen LogP) is 4.99. The maximum absolute atomic E-state index is 14.6. The van der Waals surface area contributed by atoms with Crippen LogP contribution in [0.4, 0.5) is 25.8 Å². The number of carbonyl (C=O) groups is 1. The Labute approximate surface area is 188 Å². The topological polar surface area (TPSA) is 78.5 Å². The van der Waals surface area contributed by atoms with E-state index in [2.05, 4.69) is 10.0 Å². The van der Waals surface area contributed by atoms with Crippen LogP contribution >= 0.6 is 11.3 Å². The molecule has 0 radical (unpaired) electrons. The van der Waals surface area contributed by atoms with E-state index in [1.165, 1.54) is 11.4 Å². The molecule has 0 unspecified atom stereocenters. The second-order valence-corrected chi connectivity index (χ2v) is 10.1. The van der Waals surface area contributed by atoms with E-state index in [9.17, 15) is 22.0 Å². The van der Waals surface area contributed by atoms with Crippen LogP contribution in [0.25, 0.3) is 0 Å². The Morgan fingerprint density at radius 1 is 1.00 bits per heavy atom. The molecule has 1 amide bonds. The van der Waals surface area contributed by atoms with E-state index < -0.39 is 27.6 Å². The number of aryl methyl sites for hydroxylation is 1. The molecule has 1 aromatic heterocycles. The van der Waals surface area contributed by atoms with E-state index in [1.807, 2.05) is 6.92 Å². The zero-order valence-corrected chi connectivity index (χ0v) is 18.8. The minimum absolute atomic E-state index is 0.0869. The number of thiophene rings is 1. The summed E-state index contributed by atoms with van der Waals surface area (Å²) in [6.07, 6.45) is 1.73. The summed E-state index contributed by atoms with van der Waals surface area (Å²) in [6.45, 7) is 3.02. The summed E-state index contributed by atoms with van der Waals surface area (Å²) < 4.78 is 57.2. The Morgan fingerprint density at radius 3 is 2.25 bits per heavy atom. The summed E-state index contributed by atoms with van der Waals surface area (Å²) in [7, 11) is -4.04. The average molecular weight is 478 g/mol. The van der Waals surface area contributed by atoms with E-state index >= 15 is 0 Å². The summed E-state index contributed by atoms with van der Waals surface area (Å²) >= 11 is 0.922. The molecular formula is C22H21F2N3O3S2. The van der Waals surface area contributed by atoms with Crippen LogP contribution in [0.5, 0.6) is 0 Å². The Hall–Kier alpha value is -2.98. The van der Waals surface area contributed by atoms with Gasteiger partial charge in [0.25, 0.3) is 15.9 Å². The first kappa shape index (κ1) is 22.2. The number of benzene rings is 2. The van der Waals surface area contributed by atoms with Crippen LogP contribution in [0, 0.1) is 18.6 Å². The number of carbonyl (C=O) groups excluding carboxylic acids is 1. The van der Waals surface area contributed by atoms with Crippen molar-refractivity contribution in [3.05, 3.63) is 69.9 Å². The van der Waals surface area contributed by atoms with Crippen molar-refractivity contribution in [1.82, 2.24) is 0 Å². The monoisotopic (exact) mass is 477 g/mol. The lowest BCUT2D eigenvalue weighted by molar-refractivity contribution is 0.102. The molecular weight excluding hydrogens is 456 g/mol. The lowest BCUT2D eigenvalue weighted by Gasteiger charge is -2.19. The number of nitrogens with one attached hydrogen (secondary N) is 2. The van der Waals surface area contributed by atoms with E-state index in [0.29, 0.717) is 18.8 Å². The SMILES string of the molecule is Cc1ccc(NS(=O)(=O)c2ccsc2C(=O)Nc2cc(F)c(N3CCCC3)c(F)c2)cc1. The van der Waals surface area contributed by atoms with Gasteiger partial charge >= 0.3 is 0 Å². The first-order valence-corrected chi connectivity index (χ1v) is 12.3. The molecule has 10 heteroatoms. The zero-order chi connectivity index (χ0) is 22.9. The third kappa shape index (κ3) is 4.61. The maximum Gasteiger partial charge on any atom is 0.267 e. The number of rotatable bonds is 6. The molecule has 2 heterocycles. The summed E-state index contributed by atoms with van der Waals surface area (Å²) in [4.78, 5) is 14.1. The Bertz CT molecular complexity index is 1230. The number of halogens is 2. The van der Waals surface area contributed by atoms with Gasteiger partial charge in [-0.2, -0.15) is 0 Å². The highest BCUT2D eigenvalue weighted by molar-refractivity contribution is 7.93. The molecule has 4 rings (SSSR count). The molecule has 1 fully saturated rings. The fourth-order valence-corrected chi connectivity index (χ4v) is 5.96. The predicted molar refractivity (Wildman–Crippen MR) is 122 cm³/mol. The van der Waals surface area contributed by atoms with Crippen LogP contribution in [0.3, 0.4) is 0 Å². The Morgan fingerprint density at radius 2 is 1.62 bits per heavy atom. The molecule has 0 aliphatic carbocycles. The molecule has 1 aliphatic rings. The number of sulfonamides is 1. The third-order valence-corrected chi connectivity index (χ3v) is 7.59. The van der Waals surface area contributed by atoms with Crippen LogP contribution in [0.1, 0.15) is 28.1 Å². The van der Waals surface area contributed by atoms with E-state index in [4.69, 9.17) is 0 Å². The highest BCUT2D eigenvalue weighted by atomic mass is 32.2. The number of amides is 1. The van der Waals surface area contributed by atoms with Crippen LogP contribution in [0.2, 0.25) is 0 Å². The highest BCUT2D eigenvalue weighted by Crippen LogP contribution is 2.31. The summed E-state index contributed by atoms with van der Waals surface area (Å²) in [5, 5.41) is 3.88. The number of hydrogen-bond acceptors (Lipinski definition) is 5. The fourth-order valence-electron chi connectivity index (χ4n) is 3.57. The van der Waals surface area contributed by atoms with E-state index in [-0.39, 0.29) is 21.1 Å². The van der Waals surface area contributed by atoms with Crippen LogP contribution in [0.15, 0.2) is 52.7 Å². The molecule has 0 bridgehead atoms. The molecule has 32 heavy (non-hydrogen) atoms. The van der Waals surface area contributed by atoms with Gasteiger partial charge in [0.15, 0.2) is 11.6 Å². The van der Waals surface area contributed by atoms with Crippen molar-refractivity contribution >= 4 is 44.3 Å². The van der Waals surface area contributed by atoms with Gasteiger partial charge in [-0.05, 0) is 55.5 Å². The van der Waals surface area contributed by atoms with Gasteiger partial charge in [0.2, 0.25) is 0 Å². The second kappa shape index (κ2) is 8.87. The smallest absolute Gasteiger partial charge is 0.267 e. The Kier molecular flexibility index (Phi) is 6.16. The molecule has 0 saturated carbocycles. The minimum Gasteiger partial charge on any atom is -0.367 e. The summed E-state index contributed by atoms with van der Waals surface area (Å²) in [5.41, 5.74) is 1.13. The molecule has 2 aromatic carbocycles. The van der Waals surface area contributed by atoms with Gasteiger partial charge in [0, 0.05) is 24.5 Å². The minimum atomic E-state index is -4.04. The molecule has 2 N–H and O–H groups in total. The first-order chi connectivity index (χ1) is 15.2. The molecule has 1 aliphatic heterocycles. The lowest BCUT2D eigenvalue weighted by atomic mass is 10.2. The van der Waals surface area contributed by atoms with Gasteiger partial charge < -0.3 is 10.2 Å². The zero-order valence-electron chi connectivity index (χ0n) is 17.2. The van der Waals surface area contributed by atoms with Crippen molar-refractivity contribution < 1.29 is 22.0 Å². The van der Waals surface area contributed by atoms with E-state index in [0.717, 1.165) is 41.9 Å². The molecule has 0 atom stereocenters. The van der Waals surface area contributed by atoms with E-state index in [1.54, 1.807) is 29.2 Å². The van der Waals surface area contributed by atoms with Crippen LogP contribution in [-0.4, -0.2) is 27.4 Å². The normalized spacial score (nSPS) is 13.9. The highest BCUT2D eigenvalue weighted by Gasteiger charge is 2.26. The lowest BCUT2D eigenvalue weighted by Crippen LogP contribution is -2.21. The van der Waals surface area contributed by atoms with Gasteiger partial charge in [-0.15, -0.1) is 11.3 Å². The molecule has 6 nitrogen and oxygen atoms in total. The van der Waals surface area contributed by atoms with Crippen molar-refractivity contribution in [2.75, 3.05) is 28.0 Å². The third-order valence-electron chi connectivity index (χ3n) is 5.13. The fraction of sp³-hybridized carbons (Fsp3) is 0.227. The largest absolute Gasteiger partial charge is 0.367 e. The first-order valence-electron chi connectivity index (χ1n) is 9.97. The van der Waals surface area contributed by atoms with Crippen molar-refractivity contribution in [3.63, 3.8) is 0 Å². The molecule has 3 aromatic rings. The molecule has 1 saturated heterocycles. The van der Waals surface area contributed by atoms with Crippen molar-refractivity contribution in [1.29, 1.82) is 0 Å². The van der Waals surface area contributed by atoms with Gasteiger partial charge in [-0.25, -0.2) is 17.2 Å². The van der Waals surface area contributed by atoms with Gasteiger partial charge in [0.1, 0.15) is 15.5 Å². The summed E-state index contributed by atoms with van der Waals surface area (Å²) in [6, 6.07) is 10.1. The van der Waals surface area contributed by atoms with Crippen LogP contribution < -0.4 is 14.9 Å². The maximum atomic E-state index is 14.6. The standard InChI is InChI=1S/C22H21F2N3O3S2/c1-14-4-6-15(7-5-14)26-32(29,30)19-8-11-31-21(19)22(28)25-16-12-17(23)20(18(24)13-16)27-9-2-3-10-27/h4-8,11-13,26H,2-3,9-10H2,1H3,(H,25,28). The van der Waals surface area contributed by atoms with Gasteiger partial charge in [-0.1, -0.05) is 17.7 Å². The molecule has 0 spiro atoms.